The van der Waals surface area contributed by atoms with Crippen molar-refractivity contribution in [2.24, 2.45) is 0 Å². The van der Waals surface area contributed by atoms with Gasteiger partial charge >= 0.3 is 5.97 Å². The van der Waals surface area contributed by atoms with Crippen molar-refractivity contribution in [1.82, 2.24) is 19.8 Å². The standard InChI is InChI=1S/C23H21N5O4S/c1-3-32-18-10-6-15(7-11-18)19-12-13-20-25-26-23(28(20)27-19)33-14-21(29)24-17-8-4-16(5-9-17)22(30)31-2/h4-13H,3,14H2,1-2H3,(H,24,29). The number of fused-ring (bicyclic) bond motifs is 1. The van der Waals surface area contributed by atoms with E-state index in [1.54, 1.807) is 28.8 Å². The Hall–Kier alpha value is -3.92. The van der Waals surface area contributed by atoms with Gasteiger partial charge in [0.2, 0.25) is 11.1 Å². The number of hydrogen-bond acceptors (Lipinski definition) is 8. The normalized spacial score (nSPS) is 10.7. The molecule has 4 aromatic rings. The molecule has 0 bridgehead atoms. The number of carbonyl (C=O) groups excluding carboxylic acids is 2. The molecule has 0 aliphatic carbocycles. The van der Waals surface area contributed by atoms with Gasteiger partial charge in [-0.25, -0.2) is 4.79 Å². The molecule has 0 aliphatic rings. The van der Waals surface area contributed by atoms with Crippen molar-refractivity contribution in [3.05, 3.63) is 66.2 Å². The zero-order chi connectivity index (χ0) is 23.2. The van der Waals surface area contributed by atoms with Crippen LogP contribution >= 0.6 is 11.8 Å². The van der Waals surface area contributed by atoms with Gasteiger partial charge in [0.15, 0.2) is 5.65 Å². The first-order valence-corrected chi connectivity index (χ1v) is 11.1. The van der Waals surface area contributed by atoms with Gasteiger partial charge in [-0.1, -0.05) is 11.8 Å². The van der Waals surface area contributed by atoms with Crippen LogP contribution in [0.3, 0.4) is 0 Å². The lowest BCUT2D eigenvalue weighted by molar-refractivity contribution is -0.113. The summed E-state index contributed by atoms with van der Waals surface area (Å²) in [6.07, 6.45) is 0. The van der Waals surface area contributed by atoms with Crippen LogP contribution in [-0.4, -0.2) is 51.2 Å². The van der Waals surface area contributed by atoms with Crippen LogP contribution in [0.5, 0.6) is 5.75 Å². The number of ether oxygens (including phenoxy) is 2. The van der Waals surface area contributed by atoms with E-state index in [0.29, 0.717) is 28.7 Å². The lowest BCUT2D eigenvalue weighted by Crippen LogP contribution is -2.14. The SMILES string of the molecule is CCOc1ccc(-c2ccc3nnc(SCC(=O)Nc4ccc(C(=O)OC)cc4)n3n2)cc1. The van der Waals surface area contributed by atoms with E-state index < -0.39 is 5.97 Å². The van der Waals surface area contributed by atoms with E-state index in [1.807, 2.05) is 43.3 Å². The van der Waals surface area contributed by atoms with Gasteiger partial charge in [-0.15, -0.1) is 10.2 Å². The van der Waals surface area contributed by atoms with E-state index in [9.17, 15) is 9.59 Å². The highest BCUT2D eigenvalue weighted by molar-refractivity contribution is 7.99. The third-order valence-electron chi connectivity index (χ3n) is 4.62. The third-order valence-corrected chi connectivity index (χ3v) is 5.54. The maximum atomic E-state index is 12.4. The van der Waals surface area contributed by atoms with Crippen LogP contribution in [0.2, 0.25) is 0 Å². The number of anilines is 1. The molecule has 9 nitrogen and oxygen atoms in total. The average Bonchev–Trinajstić information content (AvgIpc) is 3.25. The highest BCUT2D eigenvalue weighted by Gasteiger charge is 2.12. The molecule has 0 atom stereocenters. The molecule has 0 spiro atoms. The lowest BCUT2D eigenvalue weighted by Gasteiger charge is -2.06. The van der Waals surface area contributed by atoms with Gasteiger partial charge in [0, 0.05) is 11.3 Å². The molecule has 0 fully saturated rings. The first-order chi connectivity index (χ1) is 16.1. The van der Waals surface area contributed by atoms with Crippen LogP contribution in [0.4, 0.5) is 5.69 Å². The molecular weight excluding hydrogens is 442 g/mol. The second kappa shape index (κ2) is 10.1. The molecule has 2 aromatic carbocycles. The second-order valence-corrected chi connectivity index (χ2v) is 7.78. The number of aromatic nitrogens is 4. The van der Waals surface area contributed by atoms with Crippen molar-refractivity contribution in [3.8, 4) is 17.0 Å². The van der Waals surface area contributed by atoms with Gasteiger partial charge in [0.25, 0.3) is 0 Å². The number of amides is 1. The summed E-state index contributed by atoms with van der Waals surface area (Å²) in [5.74, 6) is 0.271. The Morgan fingerprint density at radius 3 is 2.45 bits per heavy atom. The van der Waals surface area contributed by atoms with E-state index in [-0.39, 0.29) is 11.7 Å². The summed E-state index contributed by atoms with van der Waals surface area (Å²) in [6, 6.07) is 17.9. The Morgan fingerprint density at radius 2 is 1.76 bits per heavy atom. The molecule has 0 aliphatic heterocycles. The van der Waals surface area contributed by atoms with Crippen LogP contribution in [0.1, 0.15) is 17.3 Å². The molecule has 2 heterocycles. The highest BCUT2D eigenvalue weighted by Crippen LogP contribution is 2.23. The number of carbonyl (C=O) groups is 2. The number of esters is 1. The molecule has 10 heteroatoms. The van der Waals surface area contributed by atoms with Gasteiger partial charge in [-0.3, -0.25) is 4.79 Å². The molecular formula is C23H21N5O4S. The zero-order valence-electron chi connectivity index (χ0n) is 18.0. The third kappa shape index (κ3) is 5.29. The summed E-state index contributed by atoms with van der Waals surface area (Å²) in [5.41, 5.74) is 3.26. The number of rotatable bonds is 8. The quantitative estimate of drug-likeness (QED) is 0.311. The fraction of sp³-hybridized carbons (Fsp3) is 0.174. The minimum atomic E-state index is -0.431. The molecule has 168 valence electrons. The number of nitrogens with zero attached hydrogens (tertiary/aromatic N) is 4. The topological polar surface area (TPSA) is 108 Å². The van der Waals surface area contributed by atoms with Crippen molar-refractivity contribution in [3.63, 3.8) is 0 Å². The minimum absolute atomic E-state index is 0.120. The summed E-state index contributed by atoms with van der Waals surface area (Å²) in [6.45, 7) is 2.55. The van der Waals surface area contributed by atoms with Crippen molar-refractivity contribution in [2.45, 2.75) is 12.1 Å². The van der Waals surface area contributed by atoms with E-state index in [1.165, 1.54) is 18.9 Å². The Labute approximate surface area is 194 Å². The van der Waals surface area contributed by atoms with Crippen LogP contribution in [0, 0.1) is 0 Å². The summed E-state index contributed by atoms with van der Waals surface area (Å²) in [7, 11) is 1.32. The molecule has 0 saturated heterocycles. The predicted molar refractivity (Wildman–Crippen MR) is 125 cm³/mol. The van der Waals surface area contributed by atoms with E-state index >= 15 is 0 Å². The van der Waals surface area contributed by atoms with Gasteiger partial charge in [0.05, 0.1) is 30.7 Å². The number of hydrogen-bond donors (Lipinski definition) is 1. The van der Waals surface area contributed by atoms with Crippen LogP contribution in [-0.2, 0) is 9.53 Å². The molecule has 0 unspecified atom stereocenters. The lowest BCUT2D eigenvalue weighted by atomic mass is 10.1. The van der Waals surface area contributed by atoms with Gasteiger partial charge < -0.3 is 14.8 Å². The van der Waals surface area contributed by atoms with E-state index in [4.69, 9.17) is 4.74 Å². The summed E-state index contributed by atoms with van der Waals surface area (Å²) in [5, 5.41) is 16.2. The predicted octanol–water partition coefficient (Wildman–Crippen LogP) is 3.71. The van der Waals surface area contributed by atoms with Crippen molar-refractivity contribution < 1.29 is 19.1 Å². The summed E-state index contributed by atoms with van der Waals surface area (Å²) >= 11 is 1.23. The molecule has 0 saturated carbocycles. The van der Waals surface area contributed by atoms with E-state index in [0.717, 1.165) is 17.0 Å². The minimum Gasteiger partial charge on any atom is -0.494 e. The van der Waals surface area contributed by atoms with Gasteiger partial charge in [0.1, 0.15) is 5.75 Å². The number of benzene rings is 2. The first kappa shape index (κ1) is 22.3. The molecule has 4 rings (SSSR count). The van der Waals surface area contributed by atoms with E-state index in [2.05, 4.69) is 25.3 Å². The molecule has 33 heavy (non-hydrogen) atoms. The maximum Gasteiger partial charge on any atom is 0.337 e. The largest absolute Gasteiger partial charge is 0.494 e. The van der Waals surface area contributed by atoms with Gasteiger partial charge in [-0.05, 0) is 67.6 Å². The summed E-state index contributed by atoms with van der Waals surface area (Å²) in [4.78, 5) is 23.9. The molecule has 0 radical (unpaired) electrons. The van der Waals surface area contributed by atoms with Crippen LogP contribution in [0.25, 0.3) is 16.9 Å². The Balaban J connectivity index is 1.42. The Bertz CT molecular complexity index is 1270. The zero-order valence-corrected chi connectivity index (χ0v) is 18.8. The smallest absolute Gasteiger partial charge is 0.337 e. The van der Waals surface area contributed by atoms with Gasteiger partial charge in [-0.2, -0.15) is 9.61 Å². The average molecular weight is 464 g/mol. The monoisotopic (exact) mass is 463 g/mol. The molecule has 1 N–H and O–H groups in total. The number of thioether (sulfide) groups is 1. The molecule has 2 aromatic heterocycles. The number of nitrogens with one attached hydrogen (secondary N) is 1. The second-order valence-electron chi connectivity index (χ2n) is 6.83. The van der Waals surface area contributed by atoms with Crippen LogP contribution in [0.15, 0.2) is 65.8 Å². The Morgan fingerprint density at radius 1 is 1.00 bits per heavy atom. The molecule has 1 amide bonds. The van der Waals surface area contributed by atoms with Crippen LogP contribution < -0.4 is 10.1 Å². The van der Waals surface area contributed by atoms with Crippen molar-refractivity contribution >= 4 is 35.0 Å². The fourth-order valence-corrected chi connectivity index (χ4v) is 3.72. The highest BCUT2D eigenvalue weighted by atomic mass is 32.2. The number of methoxy groups -OCH3 is 1. The fourth-order valence-electron chi connectivity index (χ4n) is 3.04. The van der Waals surface area contributed by atoms with Crippen molar-refractivity contribution in [2.75, 3.05) is 24.8 Å². The Kier molecular flexibility index (Phi) is 6.84. The van der Waals surface area contributed by atoms with Crippen molar-refractivity contribution in [1.29, 1.82) is 0 Å². The summed E-state index contributed by atoms with van der Waals surface area (Å²) < 4.78 is 11.8. The maximum absolute atomic E-state index is 12.4. The first-order valence-electron chi connectivity index (χ1n) is 10.1.